The molecule has 2 heteroatoms. The van der Waals surface area contributed by atoms with Crippen LogP contribution in [-0.4, -0.2) is 0 Å². The number of hydrogen-bond acceptors (Lipinski definition) is 2. The summed E-state index contributed by atoms with van der Waals surface area (Å²) in [5, 5.41) is 13.3. The van der Waals surface area contributed by atoms with E-state index in [2.05, 4.69) is 172 Å². The van der Waals surface area contributed by atoms with Gasteiger partial charge in [-0.1, -0.05) is 141 Å². The maximum Gasteiger partial charge on any atom is 0.0434 e. The largest absolute Gasteiger partial charge is 0.135 e. The Balaban J connectivity index is 1.13. The van der Waals surface area contributed by atoms with Crippen LogP contribution >= 0.6 is 22.7 Å². The van der Waals surface area contributed by atoms with Crippen LogP contribution in [0, 0.1) is 0 Å². The van der Waals surface area contributed by atoms with E-state index >= 15 is 0 Å². The Morgan fingerprint density at radius 3 is 1.66 bits per heavy atom. The number of rotatable bonds is 2. The summed E-state index contributed by atoms with van der Waals surface area (Å²) in [5.74, 6) is 0. The highest BCUT2D eigenvalue weighted by Crippen LogP contribution is 2.52. The minimum absolute atomic E-state index is 0.0163. The summed E-state index contributed by atoms with van der Waals surface area (Å²) in [6.45, 7) is 4.72. The molecule has 0 radical (unpaired) electrons. The van der Waals surface area contributed by atoms with Crippen molar-refractivity contribution >= 4 is 95.3 Å². The Bertz CT molecular complexity index is 3310. The smallest absolute Gasteiger partial charge is 0.0434 e. The van der Waals surface area contributed by atoms with Crippen molar-refractivity contribution in [1.82, 2.24) is 0 Å². The summed E-state index contributed by atoms with van der Waals surface area (Å²) in [6, 6.07) is 59.6. The first-order chi connectivity index (χ1) is 26.0. The maximum atomic E-state index is 2.49. The molecule has 0 unspecified atom stereocenters. The molecule has 0 bridgehead atoms. The van der Waals surface area contributed by atoms with Crippen LogP contribution in [0.3, 0.4) is 0 Å². The fourth-order valence-corrected chi connectivity index (χ4v) is 12.0. The molecule has 0 fully saturated rings. The van der Waals surface area contributed by atoms with Gasteiger partial charge in [0.15, 0.2) is 0 Å². The van der Waals surface area contributed by atoms with Gasteiger partial charge in [-0.2, -0.15) is 0 Å². The van der Waals surface area contributed by atoms with Crippen LogP contribution in [0.2, 0.25) is 0 Å². The van der Waals surface area contributed by atoms with Gasteiger partial charge in [0.2, 0.25) is 0 Å². The van der Waals surface area contributed by atoms with Gasteiger partial charge in [-0.3, -0.25) is 0 Å². The molecule has 0 saturated carbocycles. The lowest BCUT2D eigenvalue weighted by Gasteiger charge is -2.22. The highest BCUT2D eigenvalue weighted by Gasteiger charge is 2.35. The van der Waals surface area contributed by atoms with Gasteiger partial charge in [0, 0.05) is 45.8 Å². The van der Waals surface area contributed by atoms with Crippen LogP contribution in [0.5, 0.6) is 0 Å². The molecule has 2 aromatic heterocycles. The Kier molecular flexibility index (Phi) is 5.97. The van der Waals surface area contributed by atoms with Gasteiger partial charge in [-0.05, 0) is 107 Å². The molecule has 0 nitrogen and oxygen atoms in total. The molecule has 0 N–H and O–H groups in total. The topological polar surface area (TPSA) is 0 Å². The molecule has 0 amide bonds. The zero-order chi connectivity index (χ0) is 35.0. The van der Waals surface area contributed by atoms with Crippen LogP contribution in [0.4, 0.5) is 0 Å². The fraction of sp³-hybridized carbons (Fsp3) is 0.0588. The summed E-state index contributed by atoms with van der Waals surface area (Å²) in [7, 11) is 0. The molecule has 0 atom stereocenters. The van der Waals surface area contributed by atoms with E-state index in [0.717, 1.165) is 0 Å². The van der Waals surface area contributed by atoms with Crippen molar-refractivity contribution in [2.24, 2.45) is 0 Å². The van der Waals surface area contributed by atoms with Crippen molar-refractivity contribution in [2.75, 3.05) is 0 Å². The van der Waals surface area contributed by atoms with Gasteiger partial charge in [0.25, 0.3) is 0 Å². The third-order valence-corrected chi connectivity index (χ3v) is 14.4. The van der Waals surface area contributed by atoms with Crippen LogP contribution in [-0.2, 0) is 5.41 Å². The predicted molar refractivity (Wildman–Crippen MR) is 233 cm³/mol. The van der Waals surface area contributed by atoms with Crippen LogP contribution in [0.1, 0.15) is 25.0 Å². The van der Waals surface area contributed by atoms with E-state index in [-0.39, 0.29) is 5.41 Å². The lowest BCUT2D eigenvalue weighted by atomic mass is 9.81. The van der Waals surface area contributed by atoms with E-state index < -0.39 is 0 Å². The molecular formula is C51H32S2. The lowest BCUT2D eigenvalue weighted by molar-refractivity contribution is 0.660. The minimum Gasteiger partial charge on any atom is -0.135 e. The zero-order valence-corrected chi connectivity index (χ0v) is 31.0. The van der Waals surface area contributed by atoms with Crippen molar-refractivity contribution in [2.45, 2.75) is 19.3 Å². The van der Waals surface area contributed by atoms with E-state index in [1.165, 1.54) is 117 Å². The standard InChI is InChI=1S/C51H32S2/c1-51(2)41-18-10-9-13-33(41)39-27-30(20-23-42(39)51)46-34-14-5-7-16-36(34)47(37-17-8-6-15-35(37)46)31-21-24-43-40(28-31)49-44(52-43)25-26-45-48(49)38-22-19-29-11-3-4-12-32(29)50(38)53-45/h3-28H,1-2H3. The van der Waals surface area contributed by atoms with E-state index in [9.17, 15) is 0 Å². The highest BCUT2D eigenvalue weighted by atomic mass is 32.1. The van der Waals surface area contributed by atoms with Crippen molar-refractivity contribution in [3.8, 4) is 33.4 Å². The quantitative estimate of drug-likeness (QED) is 0.157. The van der Waals surface area contributed by atoms with Gasteiger partial charge in [-0.15, -0.1) is 22.7 Å². The van der Waals surface area contributed by atoms with Crippen molar-refractivity contribution in [3.63, 3.8) is 0 Å². The second-order valence-electron chi connectivity index (χ2n) is 15.2. The third kappa shape index (κ3) is 4.00. The molecule has 0 aliphatic heterocycles. The monoisotopic (exact) mass is 708 g/mol. The fourth-order valence-electron chi connectivity index (χ4n) is 9.64. The van der Waals surface area contributed by atoms with Crippen LogP contribution in [0.15, 0.2) is 158 Å². The van der Waals surface area contributed by atoms with E-state index in [1.54, 1.807) is 0 Å². The summed E-state index contributed by atoms with van der Waals surface area (Å²) in [6.07, 6.45) is 0. The average molecular weight is 709 g/mol. The van der Waals surface area contributed by atoms with Gasteiger partial charge >= 0.3 is 0 Å². The van der Waals surface area contributed by atoms with E-state index in [4.69, 9.17) is 0 Å². The molecule has 0 spiro atoms. The maximum absolute atomic E-state index is 2.49. The van der Waals surface area contributed by atoms with Gasteiger partial charge in [0.1, 0.15) is 0 Å². The Hall–Kier alpha value is -5.80. The normalized spacial score (nSPS) is 13.6. The number of hydrogen-bond donors (Lipinski definition) is 0. The van der Waals surface area contributed by atoms with Crippen molar-refractivity contribution in [3.05, 3.63) is 169 Å². The second kappa shape index (κ2) is 10.6. The Labute approximate surface area is 315 Å². The molecule has 1 aliphatic rings. The first kappa shape index (κ1) is 29.7. The summed E-state index contributed by atoms with van der Waals surface area (Å²) < 4.78 is 5.42. The summed E-state index contributed by atoms with van der Waals surface area (Å²) in [5.41, 5.74) is 10.7. The van der Waals surface area contributed by atoms with Crippen LogP contribution < -0.4 is 0 Å². The second-order valence-corrected chi connectivity index (χ2v) is 17.3. The summed E-state index contributed by atoms with van der Waals surface area (Å²) >= 11 is 3.84. The predicted octanol–water partition coefficient (Wildman–Crippen LogP) is 15.5. The molecule has 248 valence electrons. The first-order valence-electron chi connectivity index (χ1n) is 18.4. The number of benzene rings is 9. The van der Waals surface area contributed by atoms with Crippen molar-refractivity contribution in [1.29, 1.82) is 0 Å². The molecule has 11 aromatic rings. The molecule has 1 aliphatic carbocycles. The van der Waals surface area contributed by atoms with Crippen LogP contribution in [0.25, 0.3) is 106 Å². The number of fused-ring (bicyclic) bond motifs is 14. The summed E-state index contributed by atoms with van der Waals surface area (Å²) in [4.78, 5) is 0. The van der Waals surface area contributed by atoms with Gasteiger partial charge in [0.05, 0.1) is 0 Å². The zero-order valence-electron chi connectivity index (χ0n) is 29.3. The Morgan fingerprint density at radius 2 is 0.925 bits per heavy atom. The average Bonchev–Trinajstić information content (AvgIpc) is 3.84. The van der Waals surface area contributed by atoms with Gasteiger partial charge in [-0.25, -0.2) is 0 Å². The molecule has 0 saturated heterocycles. The van der Waals surface area contributed by atoms with Crippen molar-refractivity contribution < 1.29 is 0 Å². The Morgan fingerprint density at radius 1 is 0.377 bits per heavy atom. The lowest BCUT2D eigenvalue weighted by Crippen LogP contribution is -2.14. The highest BCUT2D eigenvalue weighted by molar-refractivity contribution is 7.28. The minimum atomic E-state index is -0.0163. The molecule has 53 heavy (non-hydrogen) atoms. The van der Waals surface area contributed by atoms with E-state index in [0.29, 0.717) is 0 Å². The van der Waals surface area contributed by atoms with Gasteiger partial charge < -0.3 is 0 Å². The van der Waals surface area contributed by atoms with E-state index in [1.807, 2.05) is 22.7 Å². The third-order valence-electron chi connectivity index (χ3n) is 12.1. The number of thiophene rings is 2. The molecule has 2 heterocycles. The molecule has 9 aromatic carbocycles. The SMILES string of the molecule is CC1(C)c2ccccc2-c2cc(-c3c4ccccc4c(-c4ccc5sc6ccc7sc8c9ccccc9ccc8c7c6c5c4)c4ccccc34)ccc21. The first-order valence-corrected chi connectivity index (χ1v) is 20.1. The molecule has 12 rings (SSSR count). The molecular weight excluding hydrogens is 677 g/mol.